The summed E-state index contributed by atoms with van der Waals surface area (Å²) in [5, 5.41) is 11.6. The molecule has 0 aliphatic heterocycles. The number of aryl methyl sites for hydroxylation is 2. The summed E-state index contributed by atoms with van der Waals surface area (Å²) in [5.74, 6) is -1.24. The lowest BCUT2D eigenvalue weighted by Gasteiger charge is -2.03. The molecular formula is C11H10N2O3S. The molecule has 0 unspecified atom stereocenters. The van der Waals surface area contributed by atoms with Crippen LogP contribution < -0.4 is 5.56 Å². The van der Waals surface area contributed by atoms with Gasteiger partial charge in [-0.1, -0.05) is 0 Å². The lowest BCUT2D eigenvalue weighted by molar-refractivity contribution is 0.0695. The van der Waals surface area contributed by atoms with Gasteiger partial charge in [-0.15, -0.1) is 11.3 Å². The average molecular weight is 250 g/mol. The maximum absolute atomic E-state index is 11.4. The highest BCUT2D eigenvalue weighted by Crippen LogP contribution is 2.23. The highest BCUT2D eigenvalue weighted by Gasteiger charge is 2.14. The maximum Gasteiger partial charge on any atom is 0.341 e. The predicted molar refractivity (Wildman–Crippen MR) is 64.6 cm³/mol. The van der Waals surface area contributed by atoms with Crippen molar-refractivity contribution in [2.45, 2.75) is 13.8 Å². The molecule has 2 rings (SSSR count). The van der Waals surface area contributed by atoms with Gasteiger partial charge in [-0.3, -0.25) is 4.79 Å². The molecule has 2 N–H and O–H groups in total. The van der Waals surface area contributed by atoms with Crippen molar-refractivity contribution in [2.24, 2.45) is 0 Å². The van der Waals surface area contributed by atoms with Crippen LogP contribution in [0.4, 0.5) is 0 Å². The number of aromatic amines is 1. The van der Waals surface area contributed by atoms with Crippen LogP contribution in [0.25, 0.3) is 11.3 Å². The first-order valence-corrected chi connectivity index (χ1v) is 5.76. The number of rotatable bonds is 2. The van der Waals surface area contributed by atoms with Crippen molar-refractivity contribution in [1.82, 2.24) is 9.97 Å². The molecule has 6 heteroatoms. The molecule has 0 saturated heterocycles. The molecule has 0 aliphatic rings. The Morgan fingerprint density at radius 3 is 2.71 bits per heavy atom. The largest absolute Gasteiger partial charge is 0.477 e. The zero-order valence-corrected chi connectivity index (χ0v) is 10.1. The van der Waals surface area contributed by atoms with Gasteiger partial charge >= 0.3 is 5.97 Å². The molecule has 88 valence electrons. The van der Waals surface area contributed by atoms with Crippen LogP contribution in [0.5, 0.6) is 0 Å². The van der Waals surface area contributed by atoms with E-state index in [4.69, 9.17) is 5.11 Å². The minimum absolute atomic E-state index is 0.267. The maximum atomic E-state index is 11.4. The van der Waals surface area contributed by atoms with Crippen LogP contribution in [0.2, 0.25) is 0 Å². The first-order valence-electron chi connectivity index (χ1n) is 4.88. The number of aromatic nitrogens is 2. The molecule has 0 fully saturated rings. The number of hydrogen-bond acceptors (Lipinski definition) is 4. The Kier molecular flexibility index (Phi) is 2.81. The summed E-state index contributed by atoms with van der Waals surface area (Å²) < 4.78 is 0. The molecule has 17 heavy (non-hydrogen) atoms. The SMILES string of the molecule is Cc1nc(-c2cc(C(=O)O)c(=O)[nH]c2C)cs1. The number of pyridine rings is 1. The van der Waals surface area contributed by atoms with Crippen molar-refractivity contribution in [3.63, 3.8) is 0 Å². The van der Waals surface area contributed by atoms with E-state index in [1.54, 1.807) is 6.92 Å². The van der Waals surface area contributed by atoms with E-state index in [1.165, 1.54) is 17.4 Å². The molecule has 0 radical (unpaired) electrons. The molecule has 0 bridgehead atoms. The van der Waals surface area contributed by atoms with E-state index < -0.39 is 11.5 Å². The van der Waals surface area contributed by atoms with Gasteiger partial charge in [-0.05, 0) is 19.9 Å². The third-order valence-electron chi connectivity index (χ3n) is 2.36. The monoisotopic (exact) mass is 250 g/mol. The Hall–Kier alpha value is -1.95. The number of H-pyrrole nitrogens is 1. The molecule has 5 nitrogen and oxygen atoms in total. The Labute approximate surface area is 101 Å². The van der Waals surface area contributed by atoms with Crippen LogP contribution in [0.1, 0.15) is 21.1 Å². The molecule has 0 amide bonds. The summed E-state index contributed by atoms with van der Waals surface area (Å²) in [5.41, 5.74) is 1.09. The number of hydrogen-bond donors (Lipinski definition) is 2. The molecule has 0 aromatic carbocycles. The number of nitrogens with one attached hydrogen (secondary N) is 1. The van der Waals surface area contributed by atoms with Crippen molar-refractivity contribution >= 4 is 17.3 Å². The van der Waals surface area contributed by atoms with Gasteiger partial charge in [0.15, 0.2) is 0 Å². The molecular weight excluding hydrogens is 240 g/mol. The minimum Gasteiger partial charge on any atom is -0.477 e. The highest BCUT2D eigenvalue weighted by atomic mass is 32.1. The summed E-state index contributed by atoms with van der Waals surface area (Å²) in [6.07, 6.45) is 0. The zero-order valence-electron chi connectivity index (χ0n) is 9.27. The van der Waals surface area contributed by atoms with E-state index in [-0.39, 0.29) is 5.56 Å². The van der Waals surface area contributed by atoms with E-state index in [1.807, 2.05) is 12.3 Å². The Bertz CT molecular complexity index is 642. The molecule has 0 atom stereocenters. The fraction of sp³-hybridized carbons (Fsp3) is 0.182. The summed E-state index contributed by atoms with van der Waals surface area (Å²) in [4.78, 5) is 29.1. The van der Waals surface area contributed by atoms with Gasteiger partial charge in [0, 0.05) is 16.6 Å². The lowest BCUT2D eigenvalue weighted by Crippen LogP contribution is -2.18. The van der Waals surface area contributed by atoms with Gasteiger partial charge < -0.3 is 10.1 Å². The zero-order chi connectivity index (χ0) is 12.6. The van der Waals surface area contributed by atoms with Crippen LogP contribution in [-0.4, -0.2) is 21.0 Å². The van der Waals surface area contributed by atoms with Crippen molar-refractivity contribution in [1.29, 1.82) is 0 Å². The van der Waals surface area contributed by atoms with Gasteiger partial charge in [-0.2, -0.15) is 0 Å². The molecule has 0 spiro atoms. The summed E-state index contributed by atoms with van der Waals surface area (Å²) in [6, 6.07) is 1.37. The predicted octanol–water partition coefficient (Wildman–Crippen LogP) is 1.81. The second-order valence-corrected chi connectivity index (χ2v) is 4.67. The van der Waals surface area contributed by atoms with Gasteiger partial charge in [0.2, 0.25) is 0 Å². The van der Waals surface area contributed by atoms with E-state index in [0.717, 1.165) is 5.01 Å². The number of carboxylic acids is 1. The molecule has 0 aliphatic carbocycles. The topological polar surface area (TPSA) is 83.0 Å². The normalized spacial score (nSPS) is 10.5. The number of thiazole rings is 1. The van der Waals surface area contributed by atoms with Crippen molar-refractivity contribution in [3.8, 4) is 11.3 Å². The standard InChI is InChI=1S/C11H10N2O3S/c1-5-7(9-4-17-6(2)13-9)3-8(11(15)16)10(14)12-5/h3-4H,1-2H3,(H,12,14)(H,15,16). The fourth-order valence-electron chi connectivity index (χ4n) is 1.54. The number of carboxylic acid groups (broad SMARTS) is 1. The molecule has 0 saturated carbocycles. The van der Waals surface area contributed by atoms with Gasteiger partial charge in [0.25, 0.3) is 5.56 Å². The van der Waals surface area contributed by atoms with Crippen molar-refractivity contribution in [2.75, 3.05) is 0 Å². The molecule has 2 aromatic rings. The second-order valence-electron chi connectivity index (χ2n) is 3.61. The fourth-order valence-corrected chi connectivity index (χ4v) is 2.15. The Balaban J connectivity index is 2.66. The number of aromatic carboxylic acids is 1. The lowest BCUT2D eigenvalue weighted by atomic mass is 10.1. The summed E-state index contributed by atoms with van der Waals surface area (Å²) in [7, 11) is 0. The second kappa shape index (κ2) is 4.14. The van der Waals surface area contributed by atoms with Crippen molar-refractivity contribution < 1.29 is 9.90 Å². The third-order valence-corrected chi connectivity index (χ3v) is 3.14. The smallest absolute Gasteiger partial charge is 0.341 e. The van der Waals surface area contributed by atoms with E-state index in [0.29, 0.717) is 17.0 Å². The highest BCUT2D eigenvalue weighted by molar-refractivity contribution is 7.09. The van der Waals surface area contributed by atoms with E-state index in [2.05, 4.69) is 9.97 Å². The average Bonchev–Trinajstić information content (AvgIpc) is 2.64. The van der Waals surface area contributed by atoms with Crippen LogP contribution in [-0.2, 0) is 0 Å². The van der Waals surface area contributed by atoms with Crippen molar-refractivity contribution in [3.05, 3.63) is 38.1 Å². The first kappa shape index (κ1) is 11.5. The minimum atomic E-state index is -1.24. The van der Waals surface area contributed by atoms with Gasteiger partial charge in [-0.25, -0.2) is 9.78 Å². The Morgan fingerprint density at radius 2 is 2.18 bits per heavy atom. The van der Waals surface area contributed by atoms with Crippen LogP contribution in [0.3, 0.4) is 0 Å². The van der Waals surface area contributed by atoms with Gasteiger partial charge in [0.05, 0.1) is 10.7 Å². The number of carbonyl (C=O) groups is 1. The number of nitrogens with zero attached hydrogens (tertiary/aromatic N) is 1. The van der Waals surface area contributed by atoms with Gasteiger partial charge in [0.1, 0.15) is 5.56 Å². The van der Waals surface area contributed by atoms with E-state index >= 15 is 0 Å². The Morgan fingerprint density at radius 1 is 1.47 bits per heavy atom. The molecule has 2 aromatic heterocycles. The van der Waals surface area contributed by atoms with Crippen LogP contribution in [0.15, 0.2) is 16.2 Å². The summed E-state index contributed by atoms with van der Waals surface area (Å²) in [6.45, 7) is 3.59. The van der Waals surface area contributed by atoms with Crippen LogP contribution >= 0.6 is 11.3 Å². The molecule has 2 heterocycles. The van der Waals surface area contributed by atoms with Crippen LogP contribution in [0, 0.1) is 13.8 Å². The summed E-state index contributed by atoms with van der Waals surface area (Å²) >= 11 is 1.48. The van der Waals surface area contributed by atoms with E-state index in [9.17, 15) is 9.59 Å². The first-order chi connectivity index (χ1) is 7.99. The third kappa shape index (κ3) is 2.12. The quantitative estimate of drug-likeness (QED) is 0.851.